The van der Waals surface area contributed by atoms with Crippen molar-refractivity contribution in [1.82, 2.24) is 0 Å². The third-order valence-electron chi connectivity index (χ3n) is 15.7. The van der Waals surface area contributed by atoms with Crippen molar-refractivity contribution < 1.29 is 83.9 Å². The summed E-state index contributed by atoms with van der Waals surface area (Å²) in [5, 5.41) is 31.2. The number of rotatable bonds is 27. The molecule has 0 radical (unpaired) electrons. The predicted octanol–water partition coefficient (Wildman–Crippen LogP) is 14.5. The molecule has 9 aromatic rings. The van der Waals surface area contributed by atoms with Crippen LogP contribution in [0.1, 0.15) is 98.5 Å². The van der Waals surface area contributed by atoms with Gasteiger partial charge in [-0.05, 0) is 147 Å². The first kappa shape index (κ1) is 71.8. The van der Waals surface area contributed by atoms with Crippen molar-refractivity contribution in [3.63, 3.8) is 0 Å². The van der Waals surface area contributed by atoms with Gasteiger partial charge < -0.3 is 46.9 Å². The third-order valence-corrected chi connectivity index (χ3v) is 16.8. The van der Waals surface area contributed by atoms with Gasteiger partial charge in [0.15, 0.2) is 11.3 Å². The molecule has 1 unspecified atom stereocenters. The zero-order valence-corrected chi connectivity index (χ0v) is 54.8. The van der Waals surface area contributed by atoms with Crippen LogP contribution < -0.4 is 35.1 Å². The van der Waals surface area contributed by atoms with E-state index in [-0.39, 0.29) is 97.0 Å². The first-order chi connectivity index (χ1) is 49.2. The Morgan fingerprint density at radius 3 is 1.57 bits per heavy atom. The Hall–Kier alpha value is -12.9. The highest BCUT2D eigenvalue weighted by Gasteiger charge is 2.65. The van der Waals surface area contributed by atoms with Crippen LogP contribution in [0.15, 0.2) is 217 Å². The van der Waals surface area contributed by atoms with Crippen LogP contribution in [0.25, 0.3) is 40.2 Å². The van der Waals surface area contributed by atoms with E-state index in [9.17, 15) is 54.1 Å². The number of hydrogen-bond acceptors (Lipinski definition) is 22. The molecule has 0 spiro atoms. The monoisotopic (exact) mass is 1400 g/mol. The van der Waals surface area contributed by atoms with Crippen LogP contribution in [-0.4, -0.2) is 62.2 Å². The highest BCUT2D eigenvalue weighted by molar-refractivity contribution is 7.14. The van der Waals surface area contributed by atoms with Gasteiger partial charge >= 0.3 is 53.2 Å². The number of nitrogens with zero attached hydrogens (tertiary/aromatic N) is 4. The van der Waals surface area contributed by atoms with Crippen molar-refractivity contribution in [1.29, 1.82) is 15.8 Å². The number of unbranched alkanes of at least 4 members (excludes halogenated alkanes) is 2. The van der Waals surface area contributed by atoms with Crippen molar-refractivity contribution in [2.45, 2.75) is 69.8 Å². The van der Waals surface area contributed by atoms with Gasteiger partial charge in [0.25, 0.3) is 5.60 Å². The van der Waals surface area contributed by atoms with Crippen LogP contribution in [-0.2, 0) is 45.6 Å². The van der Waals surface area contributed by atoms with Crippen molar-refractivity contribution in [2.75, 3.05) is 25.1 Å². The zero-order chi connectivity index (χ0) is 72.3. The minimum atomic E-state index is -5.25. The molecule has 0 aliphatic carbocycles. The van der Waals surface area contributed by atoms with Crippen LogP contribution in [0, 0.1) is 34.0 Å². The average Bonchev–Trinajstić information content (AvgIpc) is 1.55. The van der Waals surface area contributed by atoms with Crippen LogP contribution in [0.4, 0.5) is 18.9 Å². The number of thiophene rings is 1. The number of halogens is 3. The first-order valence-corrected chi connectivity index (χ1v) is 32.3. The molecule has 6 aromatic carbocycles. The van der Waals surface area contributed by atoms with Crippen LogP contribution in [0.5, 0.6) is 23.0 Å². The van der Waals surface area contributed by atoms with Crippen molar-refractivity contribution >= 4 is 93.0 Å². The molecule has 514 valence electrons. The average molecular weight is 1400 g/mol. The molecule has 0 saturated heterocycles. The summed E-state index contributed by atoms with van der Waals surface area (Å²) in [7, 11) is 1.81. The Morgan fingerprint density at radius 2 is 1.06 bits per heavy atom. The molecule has 0 bridgehead atoms. The molecule has 0 N–H and O–H groups in total. The predicted molar refractivity (Wildman–Crippen MR) is 365 cm³/mol. The summed E-state index contributed by atoms with van der Waals surface area (Å²) < 4.78 is 95.7. The molecule has 0 amide bonds. The molecule has 102 heavy (non-hydrogen) atoms. The van der Waals surface area contributed by atoms with Gasteiger partial charge in [0.2, 0.25) is 0 Å². The number of allylic oxidation sites excluding steroid dienone is 2. The summed E-state index contributed by atoms with van der Waals surface area (Å²) >= 11 is 1.11. The number of nitriles is 3. The van der Waals surface area contributed by atoms with E-state index in [0.29, 0.717) is 45.5 Å². The molecule has 3 aromatic heterocycles. The molecule has 1 atom stereocenters. The quantitative estimate of drug-likeness (QED) is 0.0152. The molecule has 0 fully saturated rings. The maximum Gasteiger partial charge on any atom is 0.437 e. The van der Waals surface area contributed by atoms with Gasteiger partial charge in [-0.25, -0.2) is 19.2 Å². The van der Waals surface area contributed by atoms with Crippen molar-refractivity contribution in [3.8, 4) is 41.2 Å². The topological polar surface area (TPSA) is 302 Å². The molecule has 21 nitrogen and oxygen atoms in total. The highest BCUT2D eigenvalue weighted by atomic mass is 32.1. The van der Waals surface area contributed by atoms with Gasteiger partial charge in [-0.1, -0.05) is 54.6 Å². The highest BCUT2D eigenvalue weighted by Crippen LogP contribution is 2.56. The van der Waals surface area contributed by atoms with E-state index in [2.05, 4.69) is 0 Å². The molecule has 4 heterocycles. The van der Waals surface area contributed by atoms with E-state index >= 15 is 13.2 Å². The lowest BCUT2D eigenvalue weighted by molar-refractivity contribution is -0.249. The first-order valence-electron chi connectivity index (χ1n) is 31.4. The normalized spacial score (nSPS) is 13.4. The summed E-state index contributed by atoms with van der Waals surface area (Å²) in [6.45, 7) is 0.0508. The fraction of sp³-hybridized carbons (Fsp3) is 0.182. The third kappa shape index (κ3) is 18.2. The largest absolute Gasteiger partial charge is 0.465 e. The molecular weight excluding hydrogens is 1340 g/mol. The second-order valence-corrected chi connectivity index (χ2v) is 23.8. The number of hydrogen-bond donors (Lipinski definition) is 0. The molecular formula is C77H57F3N4O17S. The number of ether oxygens (including phenoxy) is 7. The number of carbonyl (C=O) groups is 6. The summed E-state index contributed by atoms with van der Waals surface area (Å²) in [5.41, 5.74) is -4.44. The van der Waals surface area contributed by atoms with Gasteiger partial charge in [-0.2, -0.15) is 29.0 Å². The van der Waals surface area contributed by atoms with Gasteiger partial charge in [0.1, 0.15) is 71.2 Å². The maximum atomic E-state index is 15.7. The minimum absolute atomic E-state index is 0.0217. The number of alkyl halides is 3. The van der Waals surface area contributed by atoms with Gasteiger partial charge in [-0.15, -0.1) is 11.3 Å². The second-order valence-electron chi connectivity index (χ2n) is 22.7. The number of anilines is 1. The molecule has 25 heteroatoms. The van der Waals surface area contributed by atoms with Gasteiger partial charge in [0.05, 0.1) is 17.7 Å². The minimum Gasteiger partial charge on any atom is -0.465 e. The van der Waals surface area contributed by atoms with Crippen molar-refractivity contribution in [2.24, 2.45) is 0 Å². The van der Waals surface area contributed by atoms with Crippen LogP contribution >= 0.6 is 11.3 Å². The van der Waals surface area contributed by atoms with E-state index in [1.807, 2.05) is 36.2 Å². The Bertz CT molecular complexity index is 5040. The molecule has 10 rings (SSSR count). The van der Waals surface area contributed by atoms with E-state index in [0.717, 1.165) is 40.8 Å². The zero-order valence-electron chi connectivity index (χ0n) is 54.0. The fourth-order valence-electron chi connectivity index (χ4n) is 10.4. The van der Waals surface area contributed by atoms with E-state index in [1.54, 1.807) is 60.7 Å². The Kier molecular flexibility index (Phi) is 23.3. The van der Waals surface area contributed by atoms with E-state index < -0.39 is 86.9 Å². The summed E-state index contributed by atoms with van der Waals surface area (Å²) in [4.78, 5) is 103. The Balaban J connectivity index is 0.716. The summed E-state index contributed by atoms with van der Waals surface area (Å²) in [5.74, 6) is -3.85. The van der Waals surface area contributed by atoms with E-state index in [4.69, 9.17) is 42.0 Å². The van der Waals surface area contributed by atoms with E-state index in [1.165, 1.54) is 109 Å². The lowest BCUT2D eigenvalue weighted by atomic mass is 9.84. The lowest BCUT2D eigenvalue weighted by Crippen LogP contribution is -2.43. The maximum absolute atomic E-state index is 15.7. The summed E-state index contributed by atoms with van der Waals surface area (Å²) in [6, 6.07) is 46.6. The molecule has 1 aliphatic heterocycles. The van der Waals surface area contributed by atoms with Crippen LogP contribution in [0.3, 0.4) is 0 Å². The number of benzene rings is 6. The van der Waals surface area contributed by atoms with Gasteiger partial charge in [0, 0.05) is 99.9 Å². The smallest absolute Gasteiger partial charge is 0.437 e. The Labute approximate surface area is 582 Å². The molecule has 0 saturated carbocycles. The summed E-state index contributed by atoms with van der Waals surface area (Å²) in [6.07, 6.45) is 1.59. The number of likely N-dealkylation sites (N-methyl/N-ethyl adjacent to an activating group) is 1. The second kappa shape index (κ2) is 33.1. The molecule has 1 aliphatic rings. The number of fused-ring (bicyclic) bond motifs is 2. The number of esters is 6. The Morgan fingerprint density at radius 1 is 0.559 bits per heavy atom. The SMILES string of the molecule is CN(CCOC(=O)CCCCC(=O)Oc1ccc(C(=O)Oc2ccc3ccc(=O)oc3c2)cc1)c1ccc(/C=C/c2cc(COC(=O)CCCCC(=O)Oc3ccc(C(=O)Oc4ccc5ccc(=O)oc5c4)cc3)c(/C=C/C3=C(C#N)C(=C(C#N)C#N)OC3(c3ccccc3)C(F)(F)F)s2)cc1. The fourth-order valence-corrected chi connectivity index (χ4v) is 11.4. The van der Waals surface area contributed by atoms with Gasteiger partial charge in [-0.3, -0.25) is 19.2 Å². The number of carbonyl (C=O) groups excluding carboxylic acids is 6. The lowest BCUT2D eigenvalue weighted by Gasteiger charge is -2.33. The van der Waals surface area contributed by atoms with Crippen LogP contribution in [0.2, 0.25) is 0 Å². The standard InChI is InChI=1S/C77H57F3N4O17S/c1-84(39-40-93-67(85)11-5-7-13-69(87)95-57-28-20-51(21-29-57)74(91)97-59-32-18-49-24-37-71(89)99-64(49)42-59)56-26-15-48(16-27-56)17-34-61-41-53(66(102-61)36-35-63-62(46-83)73(54(44-81)45-82)101-76(63,77(78,79)80)55-9-3-2-4-10-55)47-94-68(86)12-6-8-14-70(88)96-58-30-22-52(23-31-58)75(92)98-60-33-19-50-25-38-72(90)100-65(50)43-60/h2-4,9-10,15-38,41-43H,5-8,11-14,39-40,47H2,1H3/b34-17+,36-35+. The van der Waals surface area contributed by atoms with Crippen molar-refractivity contribution in [3.05, 3.63) is 257 Å².